The second-order valence-electron chi connectivity index (χ2n) is 4.25. The summed E-state index contributed by atoms with van der Waals surface area (Å²) in [5, 5.41) is 15.0. The minimum Gasteiger partial charge on any atom is -0.409 e. The van der Waals surface area contributed by atoms with Crippen molar-refractivity contribution in [2.45, 2.75) is 25.9 Å². The minimum atomic E-state index is 0.142. The van der Waals surface area contributed by atoms with Gasteiger partial charge in [-0.1, -0.05) is 29.4 Å². The lowest BCUT2D eigenvalue weighted by molar-refractivity contribution is 0.318. The first-order valence-electron chi connectivity index (χ1n) is 5.96. The molecule has 4 N–H and O–H groups in total. The van der Waals surface area contributed by atoms with Crippen LogP contribution in [-0.2, 0) is 6.54 Å². The van der Waals surface area contributed by atoms with Crippen LogP contribution < -0.4 is 11.1 Å². The molecule has 1 unspecified atom stereocenters. The highest BCUT2D eigenvalue weighted by Gasteiger charge is 2.02. The zero-order chi connectivity index (χ0) is 13.4. The van der Waals surface area contributed by atoms with Crippen LogP contribution in [0.5, 0.6) is 0 Å². The first-order valence-corrected chi connectivity index (χ1v) is 7.36. The number of benzene rings is 1. The van der Waals surface area contributed by atoms with Crippen molar-refractivity contribution in [2.24, 2.45) is 10.9 Å². The SMILES string of the molecule is CSCCC(C)NCc1ccc(/C(N)=N/O)cc1. The van der Waals surface area contributed by atoms with Crippen molar-refractivity contribution >= 4 is 17.6 Å². The molecule has 0 aliphatic heterocycles. The maximum absolute atomic E-state index is 8.56. The topological polar surface area (TPSA) is 70.6 Å². The molecule has 100 valence electrons. The van der Waals surface area contributed by atoms with Crippen LogP contribution >= 0.6 is 11.8 Å². The maximum Gasteiger partial charge on any atom is 0.170 e. The number of nitrogens with one attached hydrogen (secondary N) is 1. The fraction of sp³-hybridized carbons (Fsp3) is 0.462. The van der Waals surface area contributed by atoms with E-state index in [9.17, 15) is 0 Å². The van der Waals surface area contributed by atoms with Gasteiger partial charge >= 0.3 is 0 Å². The molecule has 1 aromatic rings. The molecule has 0 aliphatic rings. The van der Waals surface area contributed by atoms with E-state index in [1.807, 2.05) is 36.0 Å². The number of oxime groups is 1. The molecular formula is C13H21N3OS. The highest BCUT2D eigenvalue weighted by Crippen LogP contribution is 2.06. The largest absolute Gasteiger partial charge is 0.409 e. The molecule has 0 aromatic heterocycles. The number of amidine groups is 1. The Kier molecular flexibility index (Phi) is 6.60. The van der Waals surface area contributed by atoms with Gasteiger partial charge in [0.15, 0.2) is 5.84 Å². The van der Waals surface area contributed by atoms with Gasteiger partial charge in [-0.3, -0.25) is 0 Å². The highest BCUT2D eigenvalue weighted by atomic mass is 32.2. The Morgan fingerprint density at radius 3 is 2.67 bits per heavy atom. The molecule has 0 amide bonds. The highest BCUT2D eigenvalue weighted by molar-refractivity contribution is 7.98. The zero-order valence-corrected chi connectivity index (χ0v) is 11.7. The zero-order valence-electron chi connectivity index (χ0n) is 10.9. The van der Waals surface area contributed by atoms with E-state index in [0.29, 0.717) is 6.04 Å². The van der Waals surface area contributed by atoms with Crippen LogP contribution in [0, 0.1) is 0 Å². The Balaban J connectivity index is 2.44. The molecule has 4 nitrogen and oxygen atoms in total. The van der Waals surface area contributed by atoms with Crippen molar-refractivity contribution in [1.29, 1.82) is 0 Å². The third kappa shape index (κ3) is 4.98. The molecule has 0 spiro atoms. The molecule has 0 fully saturated rings. The maximum atomic E-state index is 8.56. The number of nitrogens with zero attached hydrogens (tertiary/aromatic N) is 1. The molecule has 0 radical (unpaired) electrons. The Bertz CT molecular complexity index is 378. The van der Waals surface area contributed by atoms with Gasteiger partial charge in [-0.05, 0) is 30.9 Å². The van der Waals surface area contributed by atoms with Crippen molar-refractivity contribution in [3.05, 3.63) is 35.4 Å². The smallest absolute Gasteiger partial charge is 0.170 e. The van der Waals surface area contributed by atoms with Gasteiger partial charge in [0.05, 0.1) is 0 Å². The second kappa shape index (κ2) is 8.00. The molecule has 5 heteroatoms. The van der Waals surface area contributed by atoms with Gasteiger partial charge in [0, 0.05) is 18.2 Å². The van der Waals surface area contributed by atoms with Gasteiger partial charge in [0.1, 0.15) is 0 Å². The van der Waals surface area contributed by atoms with Crippen molar-refractivity contribution in [1.82, 2.24) is 5.32 Å². The van der Waals surface area contributed by atoms with E-state index < -0.39 is 0 Å². The lowest BCUT2D eigenvalue weighted by Crippen LogP contribution is -2.26. The fourth-order valence-electron chi connectivity index (χ4n) is 1.54. The van der Waals surface area contributed by atoms with Crippen LogP contribution in [-0.4, -0.2) is 29.1 Å². The van der Waals surface area contributed by atoms with Crippen molar-refractivity contribution < 1.29 is 5.21 Å². The minimum absolute atomic E-state index is 0.142. The summed E-state index contributed by atoms with van der Waals surface area (Å²) in [5.41, 5.74) is 7.43. The average Bonchev–Trinajstić information content (AvgIpc) is 2.42. The van der Waals surface area contributed by atoms with Crippen LogP contribution in [0.2, 0.25) is 0 Å². The van der Waals surface area contributed by atoms with Crippen LogP contribution in [0.4, 0.5) is 0 Å². The molecule has 0 saturated carbocycles. The molecule has 1 atom stereocenters. The van der Waals surface area contributed by atoms with Gasteiger partial charge in [0.2, 0.25) is 0 Å². The monoisotopic (exact) mass is 267 g/mol. The van der Waals surface area contributed by atoms with Gasteiger partial charge < -0.3 is 16.3 Å². The summed E-state index contributed by atoms with van der Waals surface area (Å²) in [6.45, 7) is 3.03. The van der Waals surface area contributed by atoms with Gasteiger partial charge in [0.25, 0.3) is 0 Å². The van der Waals surface area contributed by atoms with E-state index in [0.717, 1.165) is 12.1 Å². The van der Waals surface area contributed by atoms with Crippen molar-refractivity contribution in [3.8, 4) is 0 Å². The lowest BCUT2D eigenvalue weighted by atomic mass is 10.1. The summed E-state index contributed by atoms with van der Waals surface area (Å²) >= 11 is 1.87. The second-order valence-corrected chi connectivity index (χ2v) is 5.23. The quantitative estimate of drug-likeness (QED) is 0.306. The van der Waals surface area contributed by atoms with Gasteiger partial charge in [-0.25, -0.2) is 0 Å². The number of hydrogen-bond acceptors (Lipinski definition) is 4. The van der Waals surface area contributed by atoms with Crippen LogP contribution in [0.1, 0.15) is 24.5 Å². The fourth-order valence-corrected chi connectivity index (χ4v) is 2.13. The molecule has 0 saturated heterocycles. The summed E-state index contributed by atoms with van der Waals surface area (Å²) in [5.74, 6) is 1.32. The van der Waals surface area contributed by atoms with Crippen LogP contribution in [0.25, 0.3) is 0 Å². The molecule has 18 heavy (non-hydrogen) atoms. The Labute approximate surface area is 113 Å². The lowest BCUT2D eigenvalue weighted by Gasteiger charge is -2.13. The normalized spacial score (nSPS) is 13.6. The van der Waals surface area contributed by atoms with Crippen LogP contribution in [0.3, 0.4) is 0 Å². The van der Waals surface area contributed by atoms with E-state index >= 15 is 0 Å². The summed E-state index contributed by atoms with van der Waals surface area (Å²) in [7, 11) is 0. The molecule has 1 rings (SSSR count). The number of nitrogens with two attached hydrogens (primary N) is 1. The van der Waals surface area contributed by atoms with E-state index in [-0.39, 0.29) is 5.84 Å². The summed E-state index contributed by atoms with van der Waals surface area (Å²) < 4.78 is 0. The van der Waals surface area contributed by atoms with Gasteiger partial charge in [-0.2, -0.15) is 11.8 Å². The van der Waals surface area contributed by atoms with E-state index in [2.05, 4.69) is 23.7 Å². The number of thioether (sulfide) groups is 1. The third-order valence-electron chi connectivity index (χ3n) is 2.77. The number of rotatable bonds is 7. The molecule has 1 aromatic carbocycles. The van der Waals surface area contributed by atoms with E-state index in [1.165, 1.54) is 17.7 Å². The summed E-state index contributed by atoms with van der Waals surface area (Å²) in [6, 6.07) is 8.21. The third-order valence-corrected chi connectivity index (χ3v) is 3.41. The standard InChI is InChI=1S/C13H21N3OS/c1-10(7-8-18-2)15-9-11-3-5-12(6-4-11)13(14)16-17/h3-6,10,15,17H,7-9H2,1-2H3,(H2,14,16). The predicted molar refractivity (Wildman–Crippen MR) is 78.3 cm³/mol. The molecule has 0 bridgehead atoms. The Morgan fingerprint density at radius 1 is 1.44 bits per heavy atom. The van der Waals surface area contributed by atoms with Crippen molar-refractivity contribution in [3.63, 3.8) is 0 Å². The van der Waals surface area contributed by atoms with E-state index in [4.69, 9.17) is 10.9 Å². The summed E-state index contributed by atoms with van der Waals surface area (Å²) in [4.78, 5) is 0. The first kappa shape index (κ1) is 14.9. The molecular weight excluding hydrogens is 246 g/mol. The predicted octanol–water partition coefficient (Wildman–Crippen LogP) is 2.01. The molecule has 0 aliphatic carbocycles. The Hall–Kier alpha value is -1.20. The molecule has 0 heterocycles. The average molecular weight is 267 g/mol. The Morgan fingerprint density at radius 2 is 2.11 bits per heavy atom. The first-order chi connectivity index (χ1) is 8.67. The van der Waals surface area contributed by atoms with Crippen molar-refractivity contribution in [2.75, 3.05) is 12.0 Å². The van der Waals surface area contributed by atoms with E-state index in [1.54, 1.807) is 0 Å². The van der Waals surface area contributed by atoms with Gasteiger partial charge in [-0.15, -0.1) is 0 Å². The van der Waals surface area contributed by atoms with Crippen LogP contribution in [0.15, 0.2) is 29.4 Å². The summed E-state index contributed by atoms with van der Waals surface area (Å²) in [6.07, 6.45) is 3.29. The number of hydrogen-bond donors (Lipinski definition) is 3.